The molecule has 6 heteroatoms. The predicted molar refractivity (Wildman–Crippen MR) is 89.6 cm³/mol. The Balaban J connectivity index is 1.29. The topological polar surface area (TPSA) is 58.3 Å². The van der Waals surface area contributed by atoms with Gasteiger partial charge in [0.1, 0.15) is 11.6 Å². The number of hydrogen-bond donors (Lipinski definition) is 0. The Morgan fingerprint density at radius 2 is 2.04 bits per heavy atom. The molecule has 0 amide bonds. The average molecular weight is 325 g/mol. The summed E-state index contributed by atoms with van der Waals surface area (Å²) in [6, 6.07) is 2.76. The quantitative estimate of drug-likeness (QED) is 0.860. The average Bonchev–Trinajstić information content (AvgIpc) is 3.26. The molecule has 4 heterocycles. The summed E-state index contributed by atoms with van der Waals surface area (Å²) in [7, 11) is 0. The fraction of sp³-hybridized carbons (Fsp3) is 0.611. The van der Waals surface area contributed by atoms with Crippen LogP contribution in [-0.4, -0.2) is 45.7 Å². The van der Waals surface area contributed by atoms with Crippen molar-refractivity contribution in [3.8, 4) is 0 Å². The highest BCUT2D eigenvalue weighted by Gasteiger charge is 2.39. The third-order valence-corrected chi connectivity index (χ3v) is 5.77. The lowest BCUT2D eigenvalue weighted by Gasteiger charge is -2.38. The van der Waals surface area contributed by atoms with Crippen LogP contribution >= 0.6 is 0 Å². The van der Waals surface area contributed by atoms with Gasteiger partial charge in [0.2, 0.25) is 0 Å². The standard InChI is InChI=1S/C18H23N5O/c1-2-14(1)17-9-15(21-24-17)11-22-7-3-13-4-8-23(12-16(13)22)18-10-19-5-6-20-18/h5-6,9-10,13-14,16H,1-4,7-8,11-12H2. The molecule has 1 saturated carbocycles. The van der Waals surface area contributed by atoms with Crippen molar-refractivity contribution in [2.75, 3.05) is 24.5 Å². The van der Waals surface area contributed by atoms with E-state index in [0.717, 1.165) is 49.4 Å². The minimum atomic E-state index is 0.585. The maximum absolute atomic E-state index is 5.52. The van der Waals surface area contributed by atoms with Crippen molar-refractivity contribution in [2.24, 2.45) is 5.92 Å². The van der Waals surface area contributed by atoms with E-state index in [2.05, 4.69) is 31.0 Å². The molecule has 0 N–H and O–H groups in total. The Labute approximate surface area is 141 Å². The van der Waals surface area contributed by atoms with Crippen molar-refractivity contribution < 1.29 is 4.52 Å². The van der Waals surface area contributed by atoms with Gasteiger partial charge in [-0.05, 0) is 38.1 Å². The smallest absolute Gasteiger partial charge is 0.147 e. The molecule has 3 aliphatic rings. The first kappa shape index (κ1) is 14.4. The van der Waals surface area contributed by atoms with E-state index in [-0.39, 0.29) is 0 Å². The number of nitrogens with zero attached hydrogens (tertiary/aromatic N) is 5. The van der Waals surface area contributed by atoms with Gasteiger partial charge in [0.25, 0.3) is 0 Å². The minimum absolute atomic E-state index is 0.585. The van der Waals surface area contributed by atoms with Crippen LogP contribution in [0.5, 0.6) is 0 Å². The summed E-state index contributed by atoms with van der Waals surface area (Å²) in [5.74, 6) is 3.53. The molecular weight excluding hydrogens is 302 g/mol. The van der Waals surface area contributed by atoms with Crippen LogP contribution in [-0.2, 0) is 6.54 Å². The Kier molecular flexibility index (Phi) is 3.51. The van der Waals surface area contributed by atoms with Gasteiger partial charge in [0.05, 0.1) is 11.9 Å². The van der Waals surface area contributed by atoms with Crippen LogP contribution < -0.4 is 4.90 Å². The van der Waals surface area contributed by atoms with Gasteiger partial charge in [-0.15, -0.1) is 0 Å². The van der Waals surface area contributed by atoms with Gasteiger partial charge in [0, 0.05) is 50.1 Å². The van der Waals surface area contributed by atoms with Crippen molar-refractivity contribution >= 4 is 5.82 Å². The van der Waals surface area contributed by atoms with Crippen LogP contribution in [0.25, 0.3) is 0 Å². The number of anilines is 1. The number of piperidine rings is 1. The van der Waals surface area contributed by atoms with Gasteiger partial charge in [-0.25, -0.2) is 4.98 Å². The van der Waals surface area contributed by atoms with Crippen molar-refractivity contribution in [3.05, 3.63) is 36.1 Å². The fourth-order valence-corrected chi connectivity index (χ4v) is 4.26. The molecule has 0 radical (unpaired) electrons. The Morgan fingerprint density at radius 1 is 1.12 bits per heavy atom. The molecule has 24 heavy (non-hydrogen) atoms. The molecule has 2 atom stereocenters. The van der Waals surface area contributed by atoms with Gasteiger partial charge in [0.15, 0.2) is 0 Å². The first-order valence-corrected chi connectivity index (χ1v) is 9.07. The molecule has 1 aliphatic carbocycles. The molecule has 2 unspecified atom stereocenters. The van der Waals surface area contributed by atoms with E-state index in [1.54, 1.807) is 12.4 Å². The lowest BCUT2D eigenvalue weighted by atomic mass is 9.92. The maximum Gasteiger partial charge on any atom is 0.147 e. The van der Waals surface area contributed by atoms with Crippen molar-refractivity contribution in [1.29, 1.82) is 0 Å². The van der Waals surface area contributed by atoms with Gasteiger partial charge in [-0.3, -0.25) is 9.88 Å². The molecule has 0 aromatic carbocycles. The molecule has 2 saturated heterocycles. The zero-order chi connectivity index (χ0) is 15.9. The summed E-state index contributed by atoms with van der Waals surface area (Å²) in [6.45, 7) is 4.20. The molecule has 126 valence electrons. The molecule has 2 aromatic rings. The number of rotatable bonds is 4. The summed E-state index contributed by atoms with van der Waals surface area (Å²) in [5.41, 5.74) is 1.09. The molecule has 3 fully saturated rings. The lowest BCUT2D eigenvalue weighted by molar-refractivity contribution is 0.195. The van der Waals surface area contributed by atoms with Gasteiger partial charge in [-0.1, -0.05) is 5.16 Å². The van der Waals surface area contributed by atoms with Crippen molar-refractivity contribution in [1.82, 2.24) is 20.0 Å². The highest BCUT2D eigenvalue weighted by molar-refractivity contribution is 5.36. The third-order valence-electron chi connectivity index (χ3n) is 5.77. The number of fused-ring (bicyclic) bond motifs is 1. The number of hydrogen-bond acceptors (Lipinski definition) is 6. The third kappa shape index (κ3) is 2.69. The predicted octanol–water partition coefficient (Wildman–Crippen LogP) is 2.44. The van der Waals surface area contributed by atoms with Gasteiger partial charge in [-0.2, -0.15) is 0 Å². The van der Waals surface area contributed by atoms with Crippen molar-refractivity contribution in [3.63, 3.8) is 0 Å². The molecule has 6 nitrogen and oxygen atoms in total. The second kappa shape index (κ2) is 5.84. The Bertz CT molecular complexity index is 698. The molecular formula is C18H23N5O. The molecule has 5 rings (SSSR count). The second-order valence-corrected chi connectivity index (χ2v) is 7.38. The van der Waals surface area contributed by atoms with Crippen molar-refractivity contribution in [2.45, 2.75) is 44.2 Å². The normalized spacial score (nSPS) is 27.4. The SMILES string of the molecule is c1cnc(N2CCC3CCN(Cc4cc(C5CC5)on4)C3C2)cn1. The maximum atomic E-state index is 5.52. The van der Waals surface area contributed by atoms with Crippen LogP contribution in [0.3, 0.4) is 0 Å². The summed E-state index contributed by atoms with van der Waals surface area (Å²) < 4.78 is 5.52. The first-order valence-electron chi connectivity index (χ1n) is 9.07. The Hall–Kier alpha value is -1.95. The fourth-order valence-electron chi connectivity index (χ4n) is 4.26. The number of likely N-dealkylation sites (tertiary alicyclic amines) is 1. The van der Waals surface area contributed by atoms with E-state index in [9.17, 15) is 0 Å². The summed E-state index contributed by atoms with van der Waals surface area (Å²) in [5, 5.41) is 4.30. The van der Waals surface area contributed by atoms with E-state index >= 15 is 0 Å². The monoisotopic (exact) mass is 325 g/mol. The van der Waals surface area contributed by atoms with Crippen LogP contribution in [0.4, 0.5) is 5.82 Å². The van der Waals surface area contributed by atoms with Crippen LogP contribution in [0.2, 0.25) is 0 Å². The number of aromatic nitrogens is 3. The minimum Gasteiger partial charge on any atom is -0.361 e. The largest absolute Gasteiger partial charge is 0.361 e. The lowest BCUT2D eigenvalue weighted by Crippen LogP contribution is -2.48. The first-order chi connectivity index (χ1) is 11.9. The zero-order valence-corrected chi connectivity index (χ0v) is 13.8. The molecule has 0 bridgehead atoms. The molecule has 2 aromatic heterocycles. The van der Waals surface area contributed by atoms with E-state index in [0.29, 0.717) is 12.0 Å². The van der Waals surface area contributed by atoms with E-state index < -0.39 is 0 Å². The van der Waals surface area contributed by atoms with Gasteiger partial charge >= 0.3 is 0 Å². The van der Waals surface area contributed by atoms with Crippen LogP contribution in [0.1, 0.15) is 43.1 Å². The second-order valence-electron chi connectivity index (χ2n) is 7.38. The highest BCUT2D eigenvalue weighted by Crippen LogP contribution is 2.40. The van der Waals surface area contributed by atoms with Gasteiger partial charge < -0.3 is 9.42 Å². The van der Waals surface area contributed by atoms with E-state index in [4.69, 9.17) is 4.52 Å². The summed E-state index contributed by atoms with van der Waals surface area (Å²) in [6.07, 6.45) is 10.4. The Morgan fingerprint density at radius 3 is 2.88 bits per heavy atom. The zero-order valence-electron chi connectivity index (χ0n) is 13.8. The summed E-state index contributed by atoms with van der Waals surface area (Å²) in [4.78, 5) is 13.7. The molecule has 2 aliphatic heterocycles. The van der Waals surface area contributed by atoms with Crippen LogP contribution in [0.15, 0.2) is 29.2 Å². The van der Waals surface area contributed by atoms with E-state index in [1.807, 2.05) is 6.20 Å². The van der Waals surface area contributed by atoms with Crippen LogP contribution in [0, 0.1) is 5.92 Å². The van der Waals surface area contributed by atoms with E-state index in [1.165, 1.54) is 25.7 Å². The highest BCUT2D eigenvalue weighted by atomic mass is 16.5. The summed E-state index contributed by atoms with van der Waals surface area (Å²) >= 11 is 0. The molecule has 0 spiro atoms.